The maximum absolute atomic E-state index is 12.5. The van der Waals surface area contributed by atoms with Crippen LogP contribution in [0.5, 0.6) is 0 Å². The van der Waals surface area contributed by atoms with E-state index in [1.807, 2.05) is 68.4 Å². The molecule has 7 heteroatoms. The maximum atomic E-state index is 12.5. The maximum Gasteiger partial charge on any atom is 0.271 e. The first-order valence-electron chi connectivity index (χ1n) is 10.7. The van der Waals surface area contributed by atoms with Crippen molar-refractivity contribution in [1.29, 1.82) is 0 Å². The van der Waals surface area contributed by atoms with Crippen LogP contribution in [-0.2, 0) is 11.3 Å². The number of nitrogens with one attached hydrogen (secondary N) is 1. The molecule has 1 amide bonds. The smallest absolute Gasteiger partial charge is 0.271 e. The fourth-order valence-electron chi connectivity index (χ4n) is 3.91. The molecule has 3 aromatic rings. The summed E-state index contributed by atoms with van der Waals surface area (Å²) in [5.74, 6) is -0.231. The normalized spacial score (nSPS) is 14.7. The van der Waals surface area contributed by atoms with Crippen molar-refractivity contribution in [2.24, 2.45) is 5.10 Å². The van der Waals surface area contributed by atoms with Gasteiger partial charge in [-0.3, -0.25) is 9.69 Å². The lowest BCUT2D eigenvalue weighted by atomic mass is 10.1. The standard InChI is InChI=1S/C25H27ClN4O2/c1-18-15-22(19(2)30(18)24-9-7-23(26)8-10-24)16-27-28-25(31)21-5-3-20(4-6-21)17-29-11-13-32-14-12-29/h3-10,15-16H,11-14,17H2,1-2H3,(H,28,31)/b27-16-. The van der Waals surface area contributed by atoms with Crippen molar-refractivity contribution in [2.75, 3.05) is 26.3 Å². The number of hydrogen-bond acceptors (Lipinski definition) is 4. The molecular weight excluding hydrogens is 424 g/mol. The number of hydrogen-bond donors (Lipinski definition) is 1. The van der Waals surface area contributed by atoms with E-state index in [1.54, 1.807) is 6.21 Å². The lowest BCUT2D eigenvalue weighted by Crippen LogP contribution is -2.35. The number of benzene rings is 2. The largest absolute Gasteiger partial charge is 0.379 e. The first-order chi connectivity index (χ1) is 15.5. The second kappa shape index (κ2) is 10.1. The Labute approximate surface area is 193 Å². The van der Waals surface area contributed by atoms with E-state index < -0.39 is 0 Å². The van der Waals surface area contributed by atoms with E-state index in [1.165, 1.54) is 5.56 Å². The molecular formula is C25H27ClN4O2. The first-order valence-corrected chi connectivity index (χ1v) is 11.1. The van der Waals surface area contributed by atoms with E-state index in [9.17, 15) is 4.79 Å². The van der Waals surface area contributed by atoms with Crippen LogP contribution in [-0.4, -0.2) is 47.9 Å². The van der Waals surface area contributed by atoms with Crippen LogP contribution in [0, 0.1) is 13.8 Å². The molecule has 1 fully saturated rings. The van der Waals surface area contributed by atoms with Crippen LogP contribution in [0.15, 0.2) is 59.7 Å². The second-order valence-corrected chi connectivity index (χ2v) is 8.36. The third-order valence-corrected chi connectivity index (χ3v) is 5.90. The molecule has 0 radical (unpaired) electrons. The number of halogens is 1. The molecule has 32 heavy (non-hydrogen) atoms. The summed E-state index contributed by atoms with van der Waals surface area (Å²) in [5.41, 5.74) is 8.48. The van der Waals surface area contributed by atoms with Gasteiger partial charge in [-0.2, -0.15) is 5.10 Å². The molecule has 2 aromatic carbocycles. The minimum Gasteiger partial charge on any atom is -0.379 e. The fraction of sp³-hybridized carbons (Fsp3) is 0.280. The number of ether oxygens (including phenoxy) is 1. The van der Waals surface area contributed by atoms with Gasteiger partial charge in [0.2, 0.25) is 0 Å². The number of aromatic nitrogens is 1. The molecule has 1 aliphatic heterocycles. The van der Waals surface area contributed by atoms with Crippen LogP contribution in [0.3, 0.4) is 0 Å². The molecule has 1 N–H and O–H groups in total. The van der Waals surface area contributed by atoms with E-state index >= 15 is 0 Å². The highest BCUT2D eigenvalue weighted by Gasteiger charge is 2.12. The van der Waals surface area contributed by atoms with Gasteiger partial charge in [0.25, 0.3) is 5.91 Å². The van der Waals surface area contributed by atoms with E-state index in [-0.39, 0.29) is 5.91 Å². The second-order valence-electron chi connectivity index (χ2n) is 7.92. The fourth-order valence-corrected chi connectivity index (χ4v) is 4.04. The number of aryl methyl sites for hydroxylation is 1. The van der Waals surface area contributed by atoms with Crippen LogP contribution in [0.2, 0.25) is 5.02 Å². The molecule has 0 spiro atoms. The molecule has 1 saturated heterocycles. The summed E-state index contributed by atoms with van der Waals surface area (Å²) in [4.78, 5) is 14.8. The number of carbonyl (C=O) groups excluding carboxylic acids is 1. The van der Waals surface area contributed by atoms with Crippen LogP contribution in [0.1, 0.15) is 32.9 Å². The lowest BCUT2D eigenvalue weighted by molar-refractivity contribution is 0.0342. The third kappa shape index (κ3) is 5.27. The SMILES string of the molecule is Cc1cc(/C=N\NC(=O)c2ccc(CN3CCOCC3)cc2)c(C)n1-c1ccc(Cl)cc1. The highest BCUT2D eigenvalue weighted by Crippen LogP contribution is 2.21. The van der Waals surface area contributed by atoms with E-state index in [0.717, 1.165) is 55.5 Å². The topological polar surface area (TPSA) is 58.9 Å². The summed E-state index contributed by atoms with van der Waals surface area (Å²) in [7, 11) is 0. The summed E-state index contributed by atoms with van der Waals surface area (Å²) < 4.78 is 7.52. The first kappa shape index (κ1) is 22.3. The Bertz CT molecular complexity index is 1100. The van der Waals surface area contributed by atoms with Crippen molar-refractivity contribution in [3.63, 3.8) is 0 Å². The summed E-state index contributed by atoms with van der Waals surface area (Å²) in [6, 6.07) is 17.4. The quantitative estimate of drug-likeness (QED) is 0.449. The zero-order chi connectivity index (χ0) is 22.5. The molecule has 166 valence electrons. The zero-order valence-electron chi connectivity index (χ0n) is 18.3. The van der Waals surface area contributed by atoms with E-state index in [0.29, 0.717) is 10.6 Å². The molecule has 1 aliphatic rings. The Morgan fingerprint density at radius 1 is 1.09 bits per heavy atom. The van der Waals surface area contributed by atoms with Gasteiger partial charge < -0.3 is 9.30 Å². The van der Waals surface area contributed by atoms with Gasteiger partial charge in [-0.05, 0) is 61.9 Å². The number of carbonyl (C=O) groups is 1. The van der Waals surface area contributed by atoms with Gasteiger partial charge in [0.05, 0.1) is 19.4 Å². The van der Waals surface area contributed by atoms with Gasteiger partial charge in [-0.1, -0.05) is 23.7 Å². The Morgan fingerprint density at radius 2 is 1.78 bits per heavy atom. The number of nitrogens with zero attached hydrogens (tertiary/aromatic N) is 3. The highest BCUT2D eigenvalue weighted by atomic mass is 35.5. The monoisotopic (exact) mass is 450 g/mol. The van der Waals surface area contributed by atoms with Crippen molar-refractivity contribution in [1.82, 2.24) is 14.9 Å². The molecule has 6 nitrogen and oxygen atoms in total. The molecule has 1 aromatic heterocycles. The van der Waals surface area contributed by atoms with Gasteiger partial charge in [0, 0.05) is 52.9 Å². The summed E-state index contributed by atoms with van der Waals surface area (Å²) >= 11 is 6.01. The zero-order valence-corrected chi connectivity index (χ0v) is 19.1. The number of hydrazone groups is 1. The van der Waals surface area contributed by atoms with Crippen molar-refractivity contribution < 1.29 is 9.53 Å². The summed E-state index contributed by atoms with van der Waals surface area (Å²) in [5, 5.41) is 4.88. The Morgan fingerprint density at radius 3 is 2.47 bits per heavy atom. The molecule has 0 bridgehead atoms. The average molecular weight is 451 g/mol. The van der Waals surface area contributed by atoms with E-state index in [2.05, 4.69) is 20.0 Å². The number of amides is 1. The molecule has 0 unspecified atom stereocenters. The van der Waals surface area contributed by atoms with Gasteiger partial charge in [0.1, 0.15) is 0 Å². The molecule has 4 rings (SSSR count). The summed E-state index contributed by atoms with van der Waals surface area (Å²) in [6.07, 6.45) is 1.68. The molecule has 0 aliphatic carbocycles. The summed E-state index contributed by atoms with van der Waals surface area (Å²) in [6.45, 7) is 8.37. The minimum absolute atomic E-state index is 0.231. The minimum atomic E-state index is -0.231. The highest BCUT2D eigenvalue weighted by molar-refractivity contribution is 6.30. The van der Waals surface area contributed by atoms with Crippen LogP contribution in [0.4, 0.5) is 0 Å². The van der Waals surface area contributed by atoms with Crippen LogP contribution >= 0.6 is 11.6 Å². The van der Waals surface area contributed by atoms with Crippen molar-refractivity contribution >= 4 is 23.7 Å². The van der Waals surface area contributed by atoms with Gasteiger partial charge in [-0.25, -0.2) is 5.43 Å². The van der Waals surface area contributed by atoms with Gasteiger partial charge in [0.15, 0.2) is 0 Å². The van der Waals surface area contributed by atoms with Crippen LogP contribution in [0.25, 0.3) is 5.69 Å². The van der Waals surface area contributed by atoms with Crippen molar-refractivity contribution in [3.05, 3.63) is 87.7 Å². The third-order valence-electron chi connectivity index (χ3n) is 5.65. The number of rotatable bonds is 6. The lowest BCUT2D eigenvalue weighted by Gasteiger charge is -2.26. The van der Waals surface area contributed by atoms with Crippen molar-refractivity contribution in [2.45, 2.75) is 20.4 Å². The van der Waals surface area contributed by atoms with E-state index in [4.69, 9.17) is 16.3 Å². The molecule has 0 atom stereocenters. The average Bonchev–Trinajstić information content (AvgIpc) is 3.08. The Kier molecular flexibility index (Phi) is 7.05. The molecule has 2 heterocycles. The van der Waals surface area contributed by atoms with Crippen LogP contribution < -0.4 is 5.43 Å². The number of morpholine rings is 1. The predicted molar refractivity (Wildman–Crippen MR) is 128 cm³/mol. The Hall–Kier alpha value is -2.93. The van der Waals surface area contributed by atoms with Gasteiger partial charge in [-0.15, -0.1) is 0 Å². The Balaban J connectivity index is 1.38. The van der Waals surface area contributed by atoms with Gasteiger partial charge >= 0.3 is 0 Å². The molecule has 0 saturated carbocycles. The predicted octanol–water partition coefficient (Wildman–Crippen LogP) is 4.34. The van der Waals surface area contributed by atoms with Crippen molar-refractivity contribution in [3.8, 4) is 5.69 Å².